The molecule has 5 aliphatic rings. The molecule has 3 heterocycles. The van der Waals surface area contributed by atoms with E-state index in [9.17, 15) is 14.9 Å². The highest BCUT2D eigenvalue weighted by atomic mass is 32.2. The quantitative estimate of drug-likeness (QED) is 0.312. The first-order valence-corrected chi connectivity index (χ1v) is 13.4. The largest absolute Gasteiger partial charge is 0.330 e. The van der Waals surface area contributed by atoms with Crippen LogP contribution in [0.15, 0.2) is 23.1 Å². The molecular formula is C25H32N6O4S. The zero-order chi connectivity index (χ0) is 25.1. The number of hydrogen-bond acceptors (Lipinski definition) is 9. The van der Waals surface area contributed by atoms with Crippen LogP contribution in [0.1, 0.15) is 42.9 Å². The number of carbonyl (C=O) groups excluding carboxylic acids is 2. The number of nitriles is 1. The van der Waals surface area contributed by atoms with Crippen LogP contribution in [0.3, 0.4) is 0 Å². The van der Waals surface area contributed by atoms with Crippen molar-refractivity contribution in [2.75, 3.05) is 27.2 Å². The van der Waals surface area contributed by atoms with Gasteiger partial charge in [-0.3, -0.25) is 14.5 Å². The van der Waals surface area contributed by atoms with Crippen molar-refractivity contribution in [1.29, 1.82) is 5.26 Å². The van der Waals surface area contributed by atoms with Crippen LogP contribution in [0.25, 0.3) is 0 Å². The lowest BCUT2D eigenvalue weighted by molar-refractivity contribution is -0.340. The number of piperazine rings is 1. The van der Waals surface area contributed by atoms with Crippen LogP contribution < -0.4 is 5.73 Å². The molecule has 4 fully saturated rings. The molecule has 36 heavy (non-hydrogen) atoms. The molecule has 3 aliphatic heterocycles. The number of aryl methyl sites for hydroxylation is 1. The van der Waals surface area contributed by atoms with E-state index in [1.54, 1.807) is 19.0 Å². The molecule has 2 N–H and O–H groups in total. The highest BCUT2D eigenvalue weighted by molar-refractivity contribution is 7.94. The first-order valence-electron chi connectivity index (χ1n) is 12.7. The molecule has 3 saturated heterocycles. The number of likely N-dealkylation sites (tertiary alicyclic amines) is 3. The predicted molar refractivity (Wildman–Crippen MR) is 131 cm³/mol. The second-order valence-corrected chi connectivity index (χ2v) is 11.6. The number of fused-ring (bicyclic) bond motifs is 4. The maximum Gasteiger partial charge on any atom is 0.242 e. The number of rotatable bonds is 8. The van der Waals surface area contributed by atoms with Gasteiger partial charge in [-0.05, 0) is 61.3 Å². The lowest BCUT2D eigenvalue weighted by Crippen LogP contribution is -2.57. The number of nitrogens with two attached hydrogens (primary N) is 1. The van der Waals surface area contributed by atoms with E-state index >= 15 is 0 Å². The third kappa shape index (κ3) is 4.10. The predicted octanol–water partition coefficient (Wildman–Crippen LogP) is 1.23. The Labute approximate surface area is 215 Å². The first kappa shape index (κ1) is 24.2. The fourth-order valence-electron chi connectivity index (χ4n) is 6.74. The van der Waals surface area contributed by atoms with Crippen molar-refractivity contribution in [2.24, 2.45) is 11.7 Å². The van der Waals surface area contributed by atoms with Crippen LogP contribution in [0.4, 0.5) is 0 Å². The van der Waals surface area contributed by atoms with E-state index in [0.29, 0.717) is 12.5 Å². The summed E-state index contributed by atoms with van der Waals surface area (Å²) in [5, 5.41) is 10.9. The maximum absolute atomic E-state index is 13.5. The van der Waals surface area contributed by atoms with Crippen LogP contribution in [0, 0.1) is 17.2 Å². The van der Waals surface area contributed by atoms with Crippen molar-refractivity contribution in [2.45, 2.75) is 73.3 Å². The standard InChI is InChI=1S/C25H32N6O4S/c1-28(2)34-35-36-18-4-5-19-14(8-18)3-6-21(19)31-17-10-23(25(31)33)29(12-17)13-20(27)24(32)30-16(11-26)7-15-9-22(15)30/h4-5,8,15-17,20-23H,3,6-7,9-10,12-13,27H2,1-2H3/t15-,16+,17?,20+,21-,22+,23-/m1/s1. The average molecular weight is 513 g/mol. The molecule has 0 spiro atoms. The maximum atomic E-state index is 13.5. The van der Waals surface area contributed by atoms with Crippen molar-refractivity contribution in [3.63, 3.8) is 0 Å². The van der Waals surface area contributed by atoms with E-state index in [0.717, 1.165) is 43.5 Å². The monoisotopic (exact) mass is 512 g/mol. The molecule has 6 rings (SSSR count). The topological polar surface area (TPSA) is 115 Å². The van der Waals surface area contributed by atoms with Crippen molar-refractivity contribution in [1.82, 2.24) is 19.8 Å². The Morgan fingerprint density at radius 2 is 2.14 bits per heavy atom. The van der Waals surface area contributed by atoms with Gasteiger partial charge in [-0.1, -0.05) is 6.07 Å². The van der Waals surface area contributed by atoms with Crippen LogP contribution in [0.5, 0.6) is 0 Å². The minimum absolute atomic E-state index is 0.0886. The highest BCUT2D eigenvalue weighted by Gasteiger charge is 2.56. The molecule has 2 amide bonds. The number of benzene rings is 1. The molecule has 0 aromatic heterocycles. The van der Waals surface area contributed by atoms with E-state index in [1.165, 1.54) is 28.2 Å². The fraction of sp³-hybridized carbons (Fsp3) is 0.640. The summed E-state index contributed by atoms with van der Waals surface area (Å²) in [5.41, 5.74) is 8.80. The van der Waals surface area contributed by atoms with Gasteiger partial charge in [0, 0.05) is 44.2 Å². The van der Waals surface area contributed by atoms with Gasteiger partial charge in [0.25, 0.3) is 0 Å². The van der Waals surface area contributed by atoms with Gasteiger partial charge in [-0.15, -0.1) is 9.32 Å². The number of piperidine rings is 1. The summed E-state index contributed by atoms with van der Waals surface area (Å²) in [6.07, 6.45) is 4.37. The molecule has 10 nitrogen and oxygen atoms in total. The van der Waals surface area contributed by atoms with Crippen molar-refractivity contribution >= 4 is 23.9 Å². The van der Waals surface area contributed by atoms with Crippen LogP contribution in [-0.2, 0) is 25.3 Å². The van der Waals surface area contributed by atoms with E-state index in [-0.39, 0.29) is 42.0 Å². The summed E-state index contributed by atoms with van der Waals surface area (Å²) in [7, 11) is 3.50. The molecular weight excluding hydrogens is 480 g/mol. The second-order valence-electron chi connectivity index (χ2n) is 10.9. The Bertz CT molecular complexity index is 1110. The van der Waals surface area contributed by atoms with Crippen LogP contribution in [0.2, 0.25) is 0 Å². The average Bonchev–Trinajstić information content (AvgIpc) is 3.18. The third-order valence-corrected chi connectivity index (χ3v) is 8.95. The minimum Gasteiger partial charge on any atom is -0.330 e. The summed E-state index contributed by atoms with van der Waals surface area (Å²) >= 11 is 1.17. The van der Waals surface area contributed by atoms with Gasteiger partial charge in [0.05, 0.1) is 36.2 Å². The smallest absolute Gasteiger partial charge is 0.242 e. The Hall–Kier alpha value is -2.20. The lowest BCUT2D eigenvalue weighted by Gasteiger charge is -2.38. The van der Waals surface area contributed by atoms with E-state index < -0.39 is 6.04 Å². The number of nitrogens with zero attached hydrogens (tertiary/aromatic N) is 5. The van der Waals surface area contributed by atoms with Gasteiger partial charge < -0.3 is 15.5 Å². The first-order chi connectivity index (χ1) is 17.4. The van der Waals surface area contributed by atoms with Crippen LogP contribution in [-0.4, -0.2) is 89.0 Å². The molecule has 1 saturated carbocycles. The van der Waals surface area contributed by atoms with Crippen LogP contribution >= 0.6 is 12.0 Å². The number of hydrogen-bond donors (Lipinski definition) is 1. The molecule has 1 aromatic rings. The van der Waals surface area contributed by atoms with Gasteiger partial charge in [-0.2, -0.15) is 10.3 Å². The minimum atomic E-state index is -0.706. The molecule has 7 atom stereocenters. The molecule has 11 heteroatoms. The summed E-state index contributed by atoms with van der Waals surface area (Å²) < 4.78 is 5.16. The zero-order valence-electron chi connectivity index (χ0n) is 20.6. The highest BCUT2D eigenvalue weighted by Crippen LogP contribution is 2.48. The Morgan fingerprint density at radius 1 is 1.31 bits per heavy atom. The van der Waals surface area contributed by atoms with Crippen molar-refractivity contribution in [3.05, 3.63) is 29.3 Å². The van der Waals surface area contributed by atoms with Gasteiger partial charge in [0.2, 0.25) is 11.8 Å². The Balaban J connectivity index is 1.08. The number of hydroxylamine groups is 2. The Kier molecular flexibility index (Phi) is 6.22. The van der Waals surface area contributed by atoms with Crippen molar-refractivity contribution < 1.29 is 18.9 Å². The second kappa shape index (κ2) is 9.28. The third-order valence-electron chi connectivity index (χ3n) is 8.38. The van der Waals surface area contributed by atoms with E-state index in [1.807, 2.05) is 6.07 Å². The molecule has 2 bridgehead atoms. The molecule has 192 valence electrons. The van der Waals surface area contributed by atoms with Crippen molar-refractivity contribution in [3.8, 4) is 6.07 Å². The molecule has 2 aliphatic carbocycles. The number of amides is 2. The number of carbonyl (C=O) groups is 2. The van der Waals surface area contributed by atoms with Gasteiger partial charge in [0.1, 0.15) is 6.04 Å². The summed E-state index contributed by atoms with van der Waals surface area (Å²) in [6, 6.07) is 7.62. The van der Waals surface area contributed by atoms with E-state index in [4.69, 9.17) is 15.1 Å². The SMILES string of the molecule is CN(C)OOSc1ccc2c(c1)CC[C@H]2N1C(=O)[C@H]2CC1CN2C[C@H](N)C(=O)N1[C@H](C#N)C[C@@H]2C[C@@H]21. The van der Waals surface area contributed by atoms with E-state index in [2.05, 4.69) is 28.0 Å². The fourth-order valence-corrected chi connectivity index (χ4v) is 7.28. The summed E-state index contributed by atoms with van der Waals surface area (Å²) in [5.74, 6) is 0.465. The normalized spacial score (nSPS) is 33.2. The zero-order valence-corrected chi connectivity index (χ0v) is 21.4. The molecule has 1 aromatic carbocycles. The van der Waals surface area contributed by atoms with Gasteiger partial charge >= 0.3 is 0 Å². The summed E-state index contributed by atoms with van der Waals surface area (Å²) in [6.45, 7) is 1.10. The molecule has 1 unspecified atom stereocenters. The van der Waals surface area contributed by atoms with Gasteiger partial charge in [0.15, 0.2) is 0 Å². The lowest BCUT2D eigenvalue weighted by atomic mass is 10.1. The Morgan fingerprint density at radius 3 is 2.89 bits per heavy atom. The molecule has 0 radical (unpaired) electrons. The summed E-state index contributed by atoms with van der Waals surface area (Å²) in [4.78, 5) is 38.4. The van der Waals surface area contributed by atoms with Gasteiger partial charge in [-0.25, -0.2) is 0 Å².